The van der Waals surface area contributed by atoms with E-state index in [1.807, 2.05) is 0 Å². The van der Waals surface area contributed by atoms with Crippen LogP contribution in [0.4, 0.5) is 13.2 Å². The summed E-state index contributed by atoms with van der Waals surface area (Å²) in [5, 5.41) is 0.0408. The van der Waals surface area contributed by atoms with Crippen LogP contribution >= 0.6 is 11.6 Å². The minimum Gasteiger partial charge on any atom is -0.404 e. The highest BCUT2D eigenvalue weighted by Gasteiger charge is 2.31. The Labute approximate surface area is 67.3 Å². The highest BCUT2D eigenvalue weighted by Crippen LogP contribution is 2.26. The third-order valence-corrected chi connectivity index (χ3v) is 0.970. The monoisotopic (exact) mass is 185 g/mol. The van der Waals surface area contributed by atoms with Crippen molar-refractivity contribution < 1.29 is 13.2 Å². The minimum absolute atomic E-state index is 0.0408. The average Bonchev–Trinajstić information content (AvgIpc) is 1.79. The summed E-state index contributed by atoms with van der Waals surface area (Å²) in [6.07, 6.45) is -3.18. The lowest BCUT2D eigenvalue weighted by atomic mass is 10.2. The maximum atomic E-state index is 11.8. The van der Waals surface area contributed by atoms with E-state index in [1.165, 1.54) is 6.92 Å². The molecule has 11 heavy (non-hydrogen) atoms. The van der Waals surface area contributed by atoms with E-state index in [-0.39, 0.29) is 5.03 Å². The summed E-state index contributed by atoms with van der Waals surface area (Å²) in [4.78, 5) is 0. The zero-order chi connectivity index (χ0) is 9.07. The lowest BCUT2D eigenvalue weighted by Gasteiger charge is -2.05. The van der Waals surface area contributed by atoms with E-state index in [0.717, 1.165) is 6.08 Å². The van der Waals surface area contributed by atoms with E-state index in [9.17, 15) is 13.2 Å². The summed E-state index contributed by atoms with van der Waals surface area (Å²) >= 11 is 5.22. The molecule has 0 atom stereocenters. The van der Waals surface area contributed by atoms with Gasteiger partial charge in [-0.05, 0) is 13.0 Å². The van der Waals surface area contributed by atoms with Crippen LogP contribution < -0.4 is 5.73 Å². The van der Waals surface area contributed by atoms with Crippen LogP contribution in [0.1, 0.15) is 6.92 Å². The molecule has 0 spiro atoms. The van der Waals surface area contributed by atoms with Gasteiger partial charge in [0.2, 0.25) is 0 Å². The van der Waals surface area contributed by atoms with E-state index in [1.54, 1.807) is 0 Å². The van der Waals surface area contributed by atoms with E-state index >= 15 is 0 Å². The molecule has 0 fully saturated rings. The third-order valence-electron chi connectivity index (χ3n) is 0.861. The highest BCUT2D eigenvalue weighted by atomic mass is 35.5. The summed E-state index contributed by atoms with van der Waals surface area (Å²) in [7, 11) is 0. The van der Waals surface area contributed by atoms with Crippen LogP contribution in [0, 0.1) is 0 Å². The van der Waals surface area contributed by atoms with Crippen molar-refractivity contribution in [2.45, 2.75) is 13.1 Å². The smallest absolute Gasteiger partial charge is 0.404 e. The average molecular weight is 186 g/mol. The van der Waals surface area contributed by atoms with Gasteiger partial charge in [-0.2, -0.15) is 13.2 Å². The molecule has 0 aliphatic heterocycles. The van der Waals surface area contributed by atoms with E-state index < -0.39 is 11.7 Å². The number of nitrogens with two attached hydrogens (primary N) is 1. The van der Waals surface area contributed by atoms with Crippen LogP contribution in [-0.2, 0) is 0 Å². The fourth-order valence-corrected chi connectivity index (χ4v) is 0.556. The number of halogens is 4. The second-order valence-electron chi connectivity index (χ2n) is 1.85. The Kier molecular flexibility index (Phi) is 3.45. The number of rotatable bonds is 1. The quantitative estimate of drug-likeness (QED) is 0.625. The highest BCUT2D eigenvalue weighted by molar-refractivity contribution is 6.29. The number of hydrogen-bond acceptors (Lipinski definition) is 1. The van der Waals surface area contributed by atoms with Crippen molar-refractivity contribution in [2.75, 3.05) is 0 Å². The van der Waals surface area contributed by atoms with Crippen molar-refractivity contribution in [1.29, 1.82) is 0 Å². The Bertz CT molecular complexity index is 188. The minimum atomic E-state index is -4.43. The Morgan fingerprint density at radius 1 is 1.45 bits per heavy atom. The Balaban J connectivity index is 4.60. The van der Waals surface area contributed by atoms with Gasteiger partial charge in [0.1, 0.15) is 0 Å². The molecule has 64 valence electrons. The molecule has 0 amide bonds. The summed E-state index contributed by atoms with van der Waals surface area (Å²) in [5.74, 6) is 0. The maximum absolute atomic E-state index is 11.8. The zero-order valence-electron chi connectivity index (χ0n) is 5.74. The van der Waals surface area contributed by atoms with Gasteiger partial charge in [-0.3, -0.25) is 0 Å². The van der Waals surface area contributed by atoms with Crippen LogP contribution in [0.15, 0.2) is 22.9 Å². The molecule has 5 heteroatoms. The van der Waals surface area contributed by atoms with Gasteiger partial charge < -0.3 is 5.73 Å². The van der Waals surface area contributed by atoms with Crippen LogP contribution in [0.2, 0.25) is 0 Å². The molecule has 0 aromatic rings. The van der Waals surface area contributed by atoms with Gasteiger partial charge >= 0.3 is 6.18 Å². The molecule has 2 N–H and O–H groups in total. The molecular formula is C6H7ClF3N. The van der Waals surface area contributed by atoms with E-state index in [2.05, 4.69) is 0 Å². The Morgan fingerprint density at radius 2 is 1.91 bits per heavy atom. The van der Waals surface area contributed by atoms with Crippen molar-refractivity contribution in [3.8, 4) is 0 Å². The van der Waals surface area contributed by atoms with E-state index in [4.69, 9.17) is 17.3 Å². The Morgan fingerprint density at radius 3 is 2.00 bits per heavy atom. The summed E-state index contributed by atoms with van der Waals surface area (Å²) in [6, 6.07) is 0. The van der Waals surface area contributed by atoms with Gasteiger partial charge in [0.05, 0.1) is 5.57 Å². The van der Waals surface area contributed by atoms with E-state index in [0.29, 0.717) is 6.20 Å². The van der Waals surface area contributed by atoms with Crippen LogP contribution in [0.25, 0.3) is 0 Å². The second-order valence-corrected chi connectivity index (χ2v) is 2.45. The predicted octanol–water partition coefficient (Wildman–Crippen LogP) is 2.53. The van der Waals surface area contributed by atoms with Crippen LogP contribution in [-0.4, -0.2) is 6.18 Å². The molecule has 0 unspecified atom stereocenters. The third kappa shape index (κ3) is 3.93. The Hall–Kier alpha value is -0.640. The molecule has 0 radical (unpaired) electrons. The number of alkyl halides is 3. The largest absolute Gasteiger partial charge is 0.417 e. The predicted molar refractivity (Wildman–Crippen MR) is 37.9 cm³/mol. The number of hydrogen-bond donors (Lipinski definition) is 1. The maximum Gasteiger partial charge on any atom is 0.417 e. The van der Waals surface area contributed by atoms with Crippen LogP contribution in [0.5, 0.6) is 0 Å². The van der Waals surface area contributed by atoms with Crippen molar-refractivity contribution >= 4 is 11.6 Å². The molecule has 1 nitrogen and oxygen atoms in total. The molecule has 0 saturated carbocycles. The standard InChI is InChI=1S/C6H7ClF3N/c1-4(7)2-5(3-11)6(8,9)10/h2-3H,11H2,1H3/b4-2+,5-3+. The lowest BCUT2D eigenvalue weighted by Crippen LogP contribution is -2.11. The molecule has 0 heterocycles. The molecule has 0 aromatic heterocycles. The van der Waals surface area contributed by atoms with Crippen molar-refractivity contribution in [2.24, 2.45) is 5.73 Å². The molecule has 0 aliphatic carbocycles. The van der Waals surface area contributed by atoms with Gasteiger partial charge in [-0.1, -0.05) is 11.6 Å². The molecule has 0 aliphatic rings. The zero-order valence-corrected chi connectivity index (χ0v) is 6.50. The summed E-state index contributed by atoms with van der Waals surface area (Å²) in [5.41, 5.74) is 3.78. The van der Waals surface area contributed by atoms with Crippen molar-refractivity contribution in [3.05, 3.63) is 22.9 Å². The molecule has 0 saturated heterocycles. The van der Waals surface area contributed by atoms with Gasteiger partial charge in [-0.15, -0.1) is 0 Å². The first-order valence-corrected chi connectivity index (χ1v) is 3.08. The van der Waals surface area contributed by atoms with Gasteiger partial charge in [-0.25, -0.2) is 0 Å². The summed E-state index contributed by atoms with van der Waals surface area (Å²) in [6.45, 7) is 1.34. The summed E-state index contributed by atoms with van der Waals surface area (Å²) < 4.78 is 35.5. The SMILES string of the molecule is C/C(Cl)=C\C(=C/N)C(F)(F)F. The topological polar surface area (TPSA) is 26.0 Å². The van der Waals surface area contributed by atoms with Gasteiger partial charge in [0.15, 0.2) is 0 Å². The van der Waals surface area contributed by atoms with Gasteiger partial charge in [0.25, 0.3) is 0 Å². The molecule has 0 bridgehead atoms. The molecule has 0 aromatic carbocycles. The van der Waals surface area contributed by atoms with Crippen molar-refractivity contribution in [3.63, 3.8) is 0 Å². The molecule has 0 rings (SSSR count). The fourth-order valence-electron chi connectivity index (χ4n) is 0.439. The van der Waals surface area contributed by atoms with Gasteiger partial charge in [0, 0.05) is 11.2 Å². The van der Waals surface area contributed by atoms with Crippen molar-refractivity contribution in [1.82, 2.24) is 0 Å². The molecular weight excluding hydrogens is 179 g/mol. The lowest BCUT2D eigenvalue weighted by molar-refractivity contribution is -0.0884. The fraction of sp³-hybridized carbons (Fsp3) is 0.333. The first kappa shape index (κ1) is 10.4. The second kappa shape index (κ2) is 3.67. The first-order valence-electron chi connectivity index (χ1n) is 2.71. The number of allylic oxidation sites excluding steroid dienone is 3. The normalized spacial score (nSPS) is 15.4. The van der Waals surface area contributed by atoms with Crippen LogP contribution in [0.3, 0.4) is 0 Å². The first-order chi connectivity index (χ1) is 4.88.